The summed E-state index contributed by atoms with van der Waals surface area (Å²) in [5, 5.41) is 9.41. The van der Waals surface area contributed by atoms with Crippen LogP contribution in [0.5, 0.6) is 5.75 Å². The standard InChI is InChI=1S/C11H10N2O2/c14-6-11-12-9-4-3-8(15)5-10(9)13(11)7-1-2-7/h3-7,15H,1-2H2. The summed E-state index contributed by atoms with van der Waals surface area (Å²) in [6.45, 7) is 0. The highest BCUT2D eigenvalue weighted by Gasteiger charge is 2.28. The summed E-state index contributed by atoms with van der Waals surface area (Å²) in [7, 11) is 0. The van der Waals surface area contributed by atoms with Gasteiger partial charge >= 0.3 is 0 Å². The van der Waals surface area contributed by atoms with Gasteiger partial charge in [-0.05, 0) is 25.0 Å². The molecule has 0 bridgehead atoms. The lowest BCUT2D eigenvalue weighted by Crippen LogP contribution is -1.99. The number of hydrogen-bond donors (Lipinski definition) is 1. The van der Waals surface area contributed by atoms with Crippen molar-refractivity contribution in [1.29, 1.82) is 0 Å². The average molecular weight is 202 g/mol. The number of rotatable bonds is 2. The first kappa shape index (κ1) is 8.47. The molecule has 1 N–H and O–H groups in total. The number of phenols is 1. The molecule has 1 aliphatic rings. The molecule has 2 aromatic rings. The monoisotopic (exact) mass is 202 g/mol. The molecule has 4 nitrogen and oxygen atoms in total. The summed E-state index contributed by atoms with van der Waals surface area (Å²) < 4.78 is 1.92. The Hall–Kier alpha value is -1.84. The molecule has 76 valence electrons. The third-order valence-electron chi connectivity index (χ3n) is 2.72. The minimum absolute atomic E-state index is 0.210. The number of aromatic hydroxyl groups is 1. The highest BCUT2D eigenvalue weighted by molar-refractivity contribution is 5.84. The summed E-state index contributed by atoms with van der Waals surface area (Å²) in [6.07, 6.45) is 2.94. The van der Waals surface area contributed by atoms with Gasteiger partial charge in [0, 0.05) is 12.1 Å². The zero-order valence-electron chi connectivity index (χ0n) is 8.05. The van der Waals surface area contributed by atoms with Crippen LogP contribution in [0.4, 0.5) is 0 Å². The molecule has 0 atom stereocenters. The Balaban J connectivity index is 2.34. The second kappa shape index (κ2) is 2.82. The fourth-order valence-corrected chi connectivity index (χ4v) is 1.90. The van der Waals surface area contributed by atoms with Gasteiger partial charge < -0.3 is 9.67 Å². The van der Waals surface area contributed by atoms with Gasteiger partial charge in [-0.25, -0.2) is 4.98 Å². The summed E-state index contributed by atoms with van der Waals surface area (Å²) in [4.78, 5) is 15.1. The number of carbonyl (C=O) groups is 1. The molecular formula is C11H10N2O2. The van der Waals surface area contributed by atoms with Gasteiger partial charge in [-0.2, -0.15) is 0 Å². The second-order valence-corrected chi connectivity index (χ2v) is 3.86. The van der Waals surface area contributed by atoms with Crippen LogP contribution in [0.3, 0.4) is 0 Å². The van der Waals surface area contributed by atoms with Gasteiger partial charge in [-0.3, -0.25) is 4.79 Å². The van der Waals surface area contributed by atoms with Crippen LogP contribution in [0.1, 0.15) is 29.5 Å². The minimum Gasteiger partial charge on any atom is -0.508 e. The number of carbonyl (C=O) groups excluding carboxylic acids is 1. The molecule has 0 saturated heterocycles. The maximum Gasteiger partial charge on any atom is 0.185 e. The van der Waals surface area contributed by atoms with E-state index in [1.165, 1.54) is 0 Å². The zero-order chi connectivity index (χ0) is 10.4. The number of aromatic nitrogens is 2. The number of phenolic OH excluding ortho intramolecular Hbond substituents is 1. The van der Waals surface area contributed by atoms with Gasteiger partial charge in [-0.15, -0.1) is 0 Å². The molecule has 0 unspecified atom stereocenters. The number of fused-ring (bicyclic) bond motifs is 1. The Bertz CT molecular complexity index is 541. The van der Waals surface area contributed by atoms with E-state index < -0.39 is 0 Å². The first-order valence-electron chi connectivity index (χ1n) is 4.96. The number of benzene rings is 1. The van der Waals surface area contributed by atoms with E-state index in [4.69, 9.17) is 0 Å². The SMILES string of the molecule is O=Cc1nc2ccc(O)cc2n1C1CC1. The summed E-state index contributed by atoms with van der Waals surface area (Å²) in [5.74, 6) is 0.667. The van der Waals surface area contributed by atoms with Gasteiger partial charge in [0.1, 0.15) is 5.75 Å². The van der Waals surface area contributed by atoms with E-state index in [2.05, 4.69) is 4.98 Å². The molecule has 0 spiro atoms. The van der Waals surface area contributed by atoms with E-state index in [1.807, 2.05) is 4.57 Å². The lowest BCUT2D eigenvalue weighted by molar-refractivity contribution is 0.111. The molecule has 3 rings (SSSR count). The molecule has 4 heteroatoms. The van der Waals surface area contributed by atoms with Crippen LogP contribution in [-0.4, -0.2) is 20.9 Å². The van der Waals surface area contributed by atoms with Crippen molar-refractivity contribution >= 4 is 17.3 Å². The van der Waals surface area contributed by atoms with E-state index in [1.54, 1.807) is 18.2 Å². The molecule has 1 heterocycles. The minimum atomic E-state index is 0.210. The van der Waals surface area contributed by atoms with E-state index in [-0.39, 0.29) is 5.75 Å². The first-order chi connectivity index (χ1) is 7.29. The molecule has 0 radical (unpaired) electrons. The van der Waals surface area contributed by atoms with Crippen molar-refractivity contribution < 1.29 is 9.90 Å². The molecule has 1 fully saturated rings. The fraction of sp³-hybridized carbons (Fsp3) is 0.273. The van der Waals surface area contributed by atoms with Crippen molar-refractivity contribution in [2.75, 3.05) is 0 Å². The van der Waals surface area contributed by atoms with E-state index in [0.717, 1.165) is 30.2 Å². The molecule has 1 aromatic carbocycles. The topological polar surface area (TPSA) is 55.1 Å². The van der Waals surface area contributed by atoms with E-state index in [9.17, 15) is 9.90 Å². The smallest absolute Gasteiger partial charge is 0.185 e. The summed E-state index contributed by atoms with van der Waals surface area (Å²) in [5.41, 5.74) is 1.61. The molecule has 0 amide bonds. The highest BCUT2D eigenvalue weighted by atomic mass is 16.3. The Morgan fingerprint density at radius 2 is 2.27 bits per heavy atom. The van der Waals surface area contributed by atoms with Crippen molar-refractivity contribution in [1.82, 2.24) is 9.55 Å². The third-order valence-corrected chi connectivity index (χ3v) is 2.72. The average Bonchev–Trinajstić information content (AvgIpc) is 2.99. The molecule has 1 aliphatic carbocycles. The van der Waals surface area contributed by atoms with Crippen molar-refractivity contribution in [3.8, 4) is 5.75 Å². The van der Waals surface area contributed by atoms with Gasteiger partial charge in [0.2, 0.25) is 0 Å². The molecule has 0 aliphatic heterocycles. The van der Waals surface area contributed by atoms with Crippen LogP contribution < -0.4 is 0 Å². The van der Waals surface area contributed by atoms with Crippen LogP contribution >= 0.6 is 0 Å². The number of imidazole rings is 1. The largest absolute Gasteiger partial charge is 0.508 e. The Morgan fingerprint density at radius 3 is 2.93 bits per heavy atom. The van der Waals surface area contributed by atoms with E-state index in [0.29, 0.717) is 11.9 Å². The number of hydrogen-bond acceptors (Lipinski definition) is 3. The predicted molar refractivity (Wildman–Crippen MR) is 55.1 cm³/mol. The predicted octanol–water partition coefficient (Wildman–Crippen LogP) is 1.89. The van der Waals surface area contributed by atoms with Crippen LogP contribution in [0.2, 0.25) is 0 Å². The summed E-state index contributed by atoms with van der Waals surface area (Å²) >= 11 is 0. The lowest BCUT2D eigenvalue weighted by Gasteiger charge is -2.02. The molecule has 15 heavy (non-hydrogen) atoms. The van der Waals surface area contributed by atoms with Gasteiger partial charge in [-0.1, -0.05) is 0 Å². The maximum absolute atomic E-state index is 10.9. The van der Waals surface area contributed by atoms with Crippen LogP contribution in [0.25, 0.3) is 11.0 Å². The van der Waals surface area contributed by atoms with Crippen molar-refractivity contribution in [2.45, 2.75) is 18.9 Å². The normalized spacial score (nSPS) is 15.7. The number of aldehydes is 1. The van der Waals surface area contributed by atoms with Crippen LogP contribution in [0, 0.1) is 0 Å². The van der Waals surface area contributed by atoms with Gasteiger partial charge in [0.25, 0.3) is 0 Å². The molecule has 1 saturated carbocycles. The lowest BCUT2D eigenvalue weighted by atomic mass is 10.3. The Kier molecular flexibility index (Phi) is 1.59. The Labute approximate surface area is 86.2 Å². The summed E-state index contributed by atoms with van der Waals surface area (Å²) in [6, 6.07) is 5.36. The van der Waals surface area contributed by atoms with Crippen molar-refractivity contribution in [3.05, 3.63) is 24.0 Å². The molecule has 1 aromatic heterocycles. The zero-order valence-corrected chi connectivity index (χ0v) is 8.05. The van der Waals surface area contributed by atoms with Crippen molar-refractivity contribution in [3.63, 3.8) is 0 Å². The first-order valence-corrected chi connectivity index (χ1v) is 4.96. The van der Waals surface area contributed by atoms with Crippen LogP contribution in [-0.2, 0) is 0 Å². The number of nitrogens with zero attached hydrogens (tertiary/aromatic N) is 2. The van der Waals surface area contributed by atoms with Crippen LogP contribution in [0.15, 0.2) is 18.2 Å². The maximum atomic E-state index is 10.9. The van der Waals surface area contributed by atoms with E-state index >= 15 is 0 Å². The Morgan fingerprint density at radius 1 is 1.47 bits per heavy atom. The van der Waals surface area contributed by atoms with Crippen molar-refractivity contribution in [2.24, 2.45) is 0 Å². The van der Waals surface area contributed by atoms with Gasteiger partial charge in [0.15, 0.2) is 12.1 Å². The second-order valence-electron chi connectivity index (χ2n) is 3.86. The van der Waals surface area contributed by atoms with Gasteiger partial charge in [0.05, 0.1) is 11.0 Å². The quantitative estimate of drug-likeness (QED) is 0.756. The third kappa shape index (κ3) is 1.21. The fourth-order valence-electron chi connectivity index (χ4n) is 1.90. The highest BCUT2D eigenvalue weighted by Crippen LogP contribution is 2.38. The molecular weight excluding hydrogens is 192 g/mol.